The number of hydrogen-bond donors (Lipinski definition) is 0. The fourth-order valence-electron chi connectivity index (χ4n) is 2.78. The van der Waals surface area contributed by atoms with Gasteiger partial charge in [-0.3, -0.25) is 4.98 Å². The Bertz CT molecular complexity index is 457. The summed E-state index contributed by atoms with van der Waals surface area (Å²) in [6.45, 7) is 16.1. The number of aryl methyl sites for hydroxylation is 1. The Morgan fingerprint density at radius 2 is 1.45 bits per heavy atom. The quantitative estimate of drug-likeness (QED) is 0.469. The van der Waals surface area contributed by atoms with Gasteiger partial charge in [0.15, 0.2) is 0 Å². The fourth-order valence-corrected chi connectivity index (χ4v) is 2.78. The van der Waals surface area contributed by atoms with Crippen LogP contribution in [-0.2, 0) is 17.3 Å². The first-order valence-corrected chi connectivity index (χ1v) is 9.29. The zero-order chi connectivity index (χ0) is 16.8. The lowest BCUT2D eigenvalue weighted by Crippen LogP contribution is -2.23. The van der Waals surface area contributed by atoms with Crippen molar-refractivity contribution < 1.29 is 0 Å². The molecule has 0 amide bonds. The summed E-state index contributed by atoms with van der Waals surface area (Å²) in [4.78, 5) is 5.13. The van der Waals surface area contributed by atoms with Gasteiger partial charge >= 0.3 is 0 Å². The smallest absolute Gasteiger partial charge is 0.0463 e. The number of unbranched alkanes of at least 4 members (excludes halogenated alkanes) is 3. The Kier molecular flexibility index (Phi) is 7.09. The van der Waals surface area contributed by atoms with E-state index in [0.29, 0.717) is 0 Å². The van der Waals surface area contributed by atoms with Crippen LogP contribution in [0.2, 0.25) is 0 Å². The number of pyridine rings is 1. The van der Waals surface area contributed by atoms with E-state index in [1.54, 1.807) is 0 Å². The molecule has 0 unspecified atom stereocenters. The van der Waals surface area contributed by atoms with E-state index in [1.807, 2.05) is 0 Å². The lowest BCUT2D eigenvalue weighted by molar-refractivity contribution is 0.472. The van der Waals surface area contributed by atoms with Gasteiger partial charge < -0.3 is 0 Å². The van der Waals surface area contributed by atoms with Crippen molar-refractivity contribution in [1.82, 2.24) is 4.98 Å². The molecule has 22 heavy (non-hydrogen) atoms. The Labute approximate surface area is 138 Å². The van der Waals surface area contributed by atoms with Gasteiger partial charge in [-0.05, 0) is 42.7 Å². The molecule has 0 aromatic carbocycles. The van der Waals surface area contributed by atoms with Gasteiger partial charge in [-0.2, -0.15) is 0 Å². The fraction of sp³-hybridized carbons (Fsp3) is 0.762. The van der Waals surface area contributed by atoms with Crippen LogP contribution in [0.5, 0.6) is 0 Å². The van der Waals surface area contributed by atoms with Gasteiger partial charge in [0.25, 0.3) is 0 Å². The van der Waals surface area contributed by atoms with Crippen molar-refractivity contribution in [2.75, 3.05) is 0 Å². The highest BCUT2D eigenvalue weighted by Crippen LogP contribution is 2.33. The van der Waals surface area contributed by atoms with Crippen LogP contribution in [0, 0.1) is 0 Å². The Morgan fingerprint density at radius 3 is 2.00 bits per heavy atom. The monoisotopic (exact) mass is 303 g/mol. The molecule has 126 valence electrons. The highest BCUT2D eigenvalue weighted by molar-refractivity contribution is 5.32. The maximum atomic E-state index is 5.13. The molecule has 0 fully saturated rings. The van der Waals surface area contributed by atoms with Crippen molar-refractivity contribution in [1.29, 1.82) is 0 Å². The normalized spacial score (nSPS) is 12.7. The van der Waals surface area contributed by atoms with Crippen LogP contribution in [0.15, 0.2) is 12.1 Å². The molecular weight excluding hydrogens is 266 g/mol. The molecule has 0 atom stereocenters. The molecule has 0 N–H and O–H groups in total. The number of hydrogen-bond acceptors (Lipinski definition) is 1. The molecular formula is C21H37N. The molecule has 1 heteroatoms. The van der Waals surface area contributed by atoms with Crippen LogP contribution in [0.1, 0.15) is 104 Å². The van der Waals surface area contributed by atoms with Crippen molar-refractivity contribution in [3.63, 3.8) is 0 Å². The summed E-state index contributed by atoms with van der Waals surface area (Å²) in [5.41, 5.74) is 4.47. The topological polar surface area (TPSA) is 12.9 Å². The third kappa shape index (κ3) is 4.83. The summed E-state index contributed by atoms with van der Waals surface area (Å²) in [6.07, 6.45) is 8.65. The van der Waals surface area contributed by atoms with E-state index in [1.165, 1.54) is 42.6 Å². The molecule has 0 spiro atoms. The molecule has 0 aliphatic carbocycles. The molecule has 0 saturated heterocycles. The minimum Gasteiger partial charge on any atom is -0.257 e. The second-order valence-electron chi connectivity index (χ2n) is 7.98. The number of nitrogens with zero attached hydrogens (tertiary/aromatic N) is 1. The largest absolute Gasteiger partial charge is 0.257 e. The second-order valence-corrected chi connectivity index (χ2v) is 7.98. The zero-order valence-electron chi connectivity index (χ0n) is 16.1. The highest BCUT2D eigenvalue weighted by atomic mass is 14.7. The van der Waals surface area contributed by atoms with Crippen LogP contribution in [0.4, 0.5) is 0 Å². The minimum atomic E-state index is 0.174. The van der Waals surface area contributed by atoms with Gasteiger partial charge in [0.2, 0.25) is 0 Å². The van der Waals surface area contributed by atoms with Crippen LogP contribution < -0.4 is 0 Å². The van der Waals surface area contributed by atoms with Gasteiger partial charge in [0.05, 0.1) is 0 Å². The third-order valence-electron chi connectivity index (χ3n) is 5.43. The second kappa shape index (κ2) is 8.13. The third-order valence-corrected chi connectivity index (χ3v) is 5.43. The first kappa shape index (κ1) is 19.2. The van der Waals surface area contributed by atoms with Gasteiger partial charge in [0.1, 0.15) is 0 Å². The van der Waals surface area contributed by atoms with E-state index in [4.69, 9.17) is 4.98 Å². The zero-order valence-corrected chi connectivity index (χ0v) is 16.1. The van der Waals surface area contributed by atoms with Crippen LogP contribution in [0.3, 0.4) is 0 Å². The minimum absolute atomic E-state index is 0.174. The van der Waals surface area contributed by atoms with E-state index < -0.39 is 0 Å². The van der Waals surface area contributed by atoms with E-state index in [2.05, 4.69) is 60.6 Å². The summed E-state index contributed by atoms with van der Waals surface area (Å²) in [6, 6.07) is 4.63. The van der Waals surface area contributed by atoms with E-state index in [-0.39, 0.29) is 10.8 Å². The lowest BCUT2D eigenvalue weighted by atomic mass is 9.79. The first-order chi connectivity index (χ1) is 10.3. The number of rotatable bonds is 9. The summed E-state index contributed by atoms with van der Waals surface area (Å²) < 4.78 is 0. The van der Waals surface area contributed by atoms with Crippen LogP contribution >= 0.6 is 0 Å². The molecule has 0 aliphatic heterocycles. The predicted octanol–water partition coefficient (Wildman–Crippen LogP) is 6.58. The molecule has 1 aromatic heterocycles. The highest BCUT2D eigenvalue weighted by Gasteiger charge is 2.26. The average molecular weight is 304 g/mol. The Hall–Kier alpha value is -0.850. The summed E-state index contributed by atoms with van der Waals surface area (Å²) in [7, 11) is 0. The molecule has 1 heterocycles. The molecule has 0 saturated carbocycles. The van der Waals surface area contributed by atoms with Crippen molar-refractivity contribution in [2.45, 2.75) is 104 Å². The van der Waals surface area contributed by atoms with Crippen LogP contribution in [-0.4, -0.2) is 4.98 Å². The summed E-state index contributed by atoms with van der Waals surface area (Å²) in [5, 5.41) is 0. The summed E-state index contributed by atoms with van der Waals surface area (Å²) in [5.74, 6) is 0. The molecule has 0 radical (unpaired) electrons. The lowest BCUT2D eigenvalue weighted by Gasteiger charge is -2.29. The van der Waals surface area contributed by atoms with Crippen molar-refractivity contribution in [3.8, 4) is 0 Å². The molecule has 0 bridgehead atoms. The van der Waals surface area contributed by atoms with Crippen LogP contribution in [0.25, 0.3) is 0 Å². The van der Waals surface area contributed by atoms with Gasteiger partial charge in [-0.25, -0.2) is 0 Å². The van der Waals surface area contributed by atoms with Crippen molar-refractivity contribution in [2.24, 2.45) is 0 Å². The van der Waals surface area contributed by atoms with E-state index in [9.17, 15) is 0 Å². The predicted molar refractivity (Wildman–Crippen MR) is 98.7 cm³/mol. The van der Waals surface area contributed by atoms with Crippen molar-refractivity contribution >= 4 is 0 Å². The molecule has 0 aliphatic rings. The van der Waals surface area contributed by atoms with E-state index >= 15 is 0 Å². The van der Waals surface area contributed by atoms with Gasteiger partial charge in [-0.15, -0.1) is 0 Å². The van der Waals surface area contributed by atoms with Crippen molar-refractivity contribution in [3.05, 3.63) is 29.1 Å². The maximum absolute atomic E-state index is 5.13. The maximum Gasteiger partial charge on any atom is 0.0463 e. The Balaban J connectivity index is 3.11. The Morgan fingerprint density at radius 1 is 0.818 bits per heavy atom. The average Bonchev–Trinajstić information content (AvgIpc) is 2.51. The molecule has 1 aromatic rings. The molecule has 1 rings (SSSR count). The summed E-state index contributed by atoms with van der Waals surface area (Å²) >= 11 is 0. The number of aromatic nitrogens is 1. The standard InChI is InChI=1S/C21H37N/c1-8-11-12-13-14-18-17(20(4,5)9-2)15-16-19(22-18)21(6,7)10-3/h15-16H,8-14H2,1-7H3. The van der Waals surface area contributed by atoms with E-state index in [0.717, 1.165) is 19.3 Å². The van der Waals surface area contributed by atoms with Gasteiger partial charge in [-0.1, -0.05) is 73.8 Å². The SMILES string of the molecule is CCCCCCc1nc(C(C)(C)CC)ccc1C(C)(C)CC. The molecule has 1 nitrogen and oxygen atoms in total. The van der Waals surface area contributed by atoms with Gasteiger partial charge in [0, 0.05) is 16.8 Å². The first-order valence-electron chi connectivity index (χ1n) is 9.29.